The Morgan fingerprint density at radius 1 is 1.31 bits per heavy atom. The largest absolute Gasteiger partial charge is 0.494 e. The number of nitrogens with zero attached hydrogens (tertiary/aromatic N) is 1. The molecular weight excluding hydrogens is 388 g/mol. The van der Waals surface area contributed by atoms with E-state index in [0.29, 0.717) is 29.5 Å². The molecule has 0 spiro atoms. The van der Waals surface area contributed by atoms with Crippen LogP contribution in [-0.2, 0) is 27.2 Å². The molecule has 1 aliphatic carbocycles. The van der Waals surface area contributed by atoms with Crippen molar-refractivity contribution < 1.29 is 19.1 Å². The minimum Gasteiger partial charge on any atom is -0.494 e. The van der Waals surface area contributed by atoms with E-state index in [0.717, 1.165) is 30.6 Å². The fourth-order valence-corrected chi connectivity index (χ4v) is 4.64. The topological polar surface area (TPSA) is 88.4 Å². The molecule has 1 aliphatic rings. The van der Waals surface area contributed by atoms with Crippen LogP contribution < -0.4 is 10.1 Å². The van der Waals surface area contributed by atoms with Gasteiger partial charge >= 0.3 is 5.97 Å². The lowest BCUT2D eigenvalue weighted by atomic mass is 9.89. The van der Waals surface area contributed by atoms with Gasteiger partial charge in [0.15, 0.2) is 6.61 Å². The Morgan fingerprint density at radius 2 is 2.10 bits per heavy atom. The second kappa shape index (κ2) is 10.1. The van der Waals surface area contributed by atoms with Crippen LogP contribution in [0.3, 0.4) is 0 Å². The van der Waals surface area contributed by atoms with Crippen molar-refractivity contribution in [2.75, 3.05) is 18.5 Å². The highest BCUT2D eigenvalue weighted by Crippen LogP contribution is 2.39. The Hall–Kier alpha value is -2.85. The van der Waals surface area contributed by atoms with E-state index in [1.165, 1.54) is 16.2 Å². The molecule has 0 saturated heterocycles. The van der Waals surface area contributed by atoms with Crippen molar-refractivity contribution in [1.82, 2.24) is 0 Å². The number of nitrogens with one attached hydrogen (secondary N) is 1. The zero-order valence-electron chi connectivity index (χ0n) is 16.4. The van der Waals surface area contributed by atoms with Crippen LogP contribution in [0.5, 0.6) is 5.75 Å². The molecule has 7 heteroatoms. The van der Waals surface area contributed by atoms with Crippen molar-refractivity contribution in [3.8, 4) is 11.8 Å². The highest BCUT2D eigenvalue weighted by atomic mass is 32.1. The van der Waals surface area contributed by atoms with Gasteiger partial charge in [0, 0.05) is 11.3 Å². The van der Waals surface area contributed by atoms with Gasteiger partial charge in [-0.25, -0.2) is 0 Å². The lowest BCUT2D eigenvalue weighted by Gasteiger charge is -2.17. The number of thiophene rings is 1. The number of rotatable bonds is 8. The standard InChI is InChI=1S/C22H24N2O4S/c1-15-9-10-17-18(13-23)22(29-19(17)12-15)24-20(25)14-28-21(26)8-5-11-27-16-6-3-2-4-7-16/h2-4,6-7,15H,5,8-12,14H2,1H3,(H,24,25). The number of anilines is 1. The number of hydrogen-bond acceptors (Lipinski definition) is 6. The molecule has 0 bridgehead atoms. The van der Waals surface area contributed by atoms with Gasteiger partial charge in [0.05, 0.1) is 12.2 Å². The van der Waals surface area contributed by atoms with Gasteiger partial charge in [0.1, 0.15) is 16.8 Å². The normalized spacial score (nSPS) is 15.1. The summed E-state index contributed by atoms with van der Waals surface area (Å²) in [6.45, 7) is 2.23. The number of fused-ring (bicyclic) bond motifs is 1. The van der Waals surface area contributed by atoms with Gasteiger partial charge in [-0.15, -0.1) is 11.3 Å². The Labute approximate surface area is 174 Å². The monoisotopic (exact) mass is 412 g/mol. The number of benzene rings is 1. The molecule has 2 aromatic rings. The maximum Gasteiger partial charge on any atom is 0.306 e. The average molecular weight is 413 g/mol. The molecule has 1 atom stereocenters. The highest BCUT2D eigenvalue weighted by molar-refractivity contribution is 7.16. The van der Waals surface area contributed by atoms with Crippen LogP contribution in [0.2, 0.25) is 0 Å². The van der Waals surface area contributed by atoms with Crippen molar-refractivity contribution >= 4 is 28.2 Å². The Bertz CT molecular complexity index is 902. The van der Waals surface area contributed by atoms with E-state index in [2.05, 4.69) is 18.3 Å². The summed E-state index contributed by atoms with van der Waals surface area (Å²) in [4.78, 5) is 25.2. The first-order valence-electron chi connectivity index (χ1n) is 9.74. The van der Waals surface area contributed by atoms with E-state index < -0.39 is 11.9 Å². The summed E-state index contributed by atoms with van der Waals surface area (Å²) in [6.07, 6.45) is 3.53. The molecule has 0 saturated carbocycles. The summed E-state index contributed by atoms with van der Waals surface area (Å²) < 4.78 is 10.6. The molecule has 0 aliphatic heterocycles. The van der Waals surface area contributed by atoms with Gasteiger partial charge in [0.25, 0.3) is 5.91 Å². The lowest BCUT2D eigenvalue weighted by Crippen LogP contribution is -2.21. The van der Waals surface area contributed by atoms with Crippen LogP contribution in [0, 0.1) is 17.2 Å². The Kier molecular flexibility index (Phi) is 7.25. The van der Waals surface area contributed by atoms with Crippen LogP contribution in [0.1, 0.15) is 42.2 Å². The smallest absolute Gasteiger partial charge is 0.306 e. The van der Waals surface area contributed by atoms with Crippen molar-refractivity contribution in [3.05, 3.63) is 46.3 Å². The van der Waals surface area contributed by atoms with E-state index in [4.69, 9.17) is 9.47 Å². The van der Waals surface area contributed by atoms with E-state index in [1.807, 2.05) is 30.3 Å². The SMILES string of the molecule is CC1CCc2c(sc(NC(=O)COC(=O)CCCOc3ccccc3)c2C#N)C1. The predicted octanol–water partition coefficient (Wildman–Crippen LogP) is 4.09. The van der Waals surface area contributed by atoms with E-state index in [9.17, 15) is 14.9 Å². The zero-order chi connectivity index (χ0) is 20.6. The van der Waals surface area contributed by atoms with Crippen molar-refractivity contribution in [1.29, 1.82) is 5.26 Å². The third-order valence-electron chi connectivity index (χ3n) is 4.78. The quantitative estimate of drug-likeness (QED) is 0.521. The Balaban J connectivity index is 1.41. The fourth-order valence-electron chi connectivity index (χ4n) is 3.26. The molecule has 1 unspecified atom stereocenters. The summed E-state index contributed by atoms with van der Waals surface area (Å²) in [5.74, 6) is 0.461. The van der Waals surface area contributed by atoms with Crippen LogP contribution in [0.15, 0.2) is 30.3 Å². The van der Waals surface area contributed by atoms with Crippen LogP contribution in [-0.4, -0.2) is 25.1 Å². The highest BCUT2D eigenvalue weighted by Gasteiger charge is 2.24. The first-order valence-corrected chi connectivity index (χ1v) is 10.6. The van der Waals surface area contributed by atoms with Gasteiger partial charge < -0.3 is 14.8 Å². The van der Waals surface area contributed by atoms with Crippen LogP contribution in [0.25, 0.3) is 0 Å². The molecule has 1 amide bonds. The lowest BCUT2D eigenvalue weighted by molar-refractivity contribution is -0.147. The second-order valence-electron chi connectivity index (χ2n) is 7.14. The van der Waals surface area contributed by atoms with Crippen LogP contribution in [0.4, 0.5) is 5.00 Å². The van der Waals surface area contributed by atoms with Gasteiger partial charge in [-0.2, -0.15) is 5.26 Å². The minimum atomic E-state index is -0.448. The molecule has 1 N–H and O–H groups in total. The molecule has 0 fully saturated rings. The van der Waals surface area contributed by atoms with Gasteiger partial charge in [-0.05, 0) is 49.3 Å². The maximum atomic E-state index is 12.2. The molecule has 0 radical (unpaired) electrons. The van der Waals surface area contributed by atoms with Crippen molar-refractivity contribution in [2.24, 2.45) is 5.92 Å². The number of carbonyl (C=O) groups excluding carboxylic acids is 2. The first-order chi connectivity index (χ1) is 14.1. The maximum absolute atomic E-state index is 12.2. The summed E-state index contributed by atoms with van der Waals surface area (Å²) in [5, 5.41) is 12.8. The summed E-state index contributed by atoms with van der Waals surface area (Å²) in [6, 6.07) is 11.6. The zero-order valence-corrected chi connectivity index (χ0v) is 17.2. The average Bonchev–Trinajstić information content (AvgIpc) is 3.06. The fraction of sp³-hybridized carbons (Fsp3) is 0.409. The number of esters is 1. The molecule has 6 nitrogen and oxygen atoms in total. The van der Waals surface area contributed by atoms with E-state index in [1.54, 1.807) is 0 Å². The van der Waals surface area contributed by atoms with Crippen molar-refractivity contribution in [3.63, 3.8) is 0 Å². The van der Waals surface area contributed by atoms with Crippen molar-refractivity contribution in [2.45, 2.75) is 39.0 Å². The molecule has 29 heavy (non-hydrogen) atoms. The number of amides is 1. The molecule has 1 heterocycles. The molecule has 152 valence electrons. The summed E-state index contributed by atoms with van der Waals surface area (Å²) in [5.41, 5.74) is 1.61. The molecular formula is C22H24N2O4S. The minimum absolute atomic E-state index is 0.175. The number of para-hydroxylation sites is 1. The number of nitriles is 1. The van der Waals surface area contributed by atoms with Gasteiger partial charge in [0.2, 0.25) is 0 Å². The molecule has 1 aromatic carbocycles. The summed E-state index contributed by atoms with van der Waals surface area (Å²) >= 11 is 1.46. The number of ether oxygens (including phenoxy) is 2. The number of carbonyl (C=O) groups is 2. The molecule has 1 aromatic heterocycles. The van der Waals surface area contributed by atoms with Crippen LogP contribution >= 0.6 is 11.3 Å². The summed E-state index contributed by atoms with van der Waals surface area (Å²) in [7, 11) is 0. The molecule has 3 rings (SSSR count). The Morgan fingerprint density at radius 3 is 2.86 bits per heavy atom. The van der Waals surface area contributed by atoms with Gasteiger partial charge in [-0.3, -0.25) is 9.59 Å². The number of hydrogen-bond donors (Lipinski definition) is 1. The third-order valence-corrected chi connectivity index (χ3v) is 5.95. The predicted molar refractivity (Wildman–Crippen MR) is 111 cm³/mol. The van der Waals surface area contributed by atoms with Gasteiger partial charge in [-0.1, -0.05) is 25.1 Å². The first kappa shape index (κ1) is 20.9. The third kappa shape index (κ3) is 5.81. The van der Waals surface area contributed by atoms with E-state index >= 15 is 0 Å². The second-order valence-corrected chi connectivity index (χ2v) is 8.25. The van der Waals surface area contributed by atoms with E-state index in [-0.39, 0.29) is 13.0 Å².